The molecule has 5 nitrogen and oxygen atoms in total. The zero-order valence-electron chi connectivity index (χ0n) is 14.5. The van der Waals surface area contributed by atoms with Crippen LogP contribution < -0.4 is 10.9 Å². The molecule has 0 spiro atoms. The fourth-order valence-electron chi connectivity index (χ4n) is 2.66. The van der Waals surface area contributed by atoms with Crippen molar-refractivity contribution in [2.24, 2.45) is 7.05 Å². The van der Waals surface area contributed by atoms with Crippen molar-refractivity contribution in [1.29, 1.82) is 0 Å². The van der Waals surface area contributed by atoms with E-state index < -0.39 is 0 Å². The van der Waals surface area contributed by atoms with E-state index in [1.807, 2.05) is 24.3 Å². The third-order valence-electron chi connectivity index (χ3n) is 4.06. The molecular formula is C18H21N3O2S2. The van der Waals surface area contributed by atoms with E-state index in [0.29, 0.717) is 10.4 Å². The third-order valence-corrected chi connectivity index (χ3v) is 6.30. The molecule has 1 aromatic carbocycles. The topological polar surface area (TPSA) is 64.0 Å². The standard InChI is InChI=1S/C18H21N3O2S2/c1-4-12-5-7-13(8-6-12)19-15(22)10-24-18-20-14-9-11(2)25-16(14)17(23)21(18)3/h5-8,11H,4,9-10H2,1-3H3,(H,19,22). The summed E-state index contributed by atoms with van der Waals surface area (Å²) in [4.78, 5) is 29.9. The van der Waals surface area contributed by atoms with Crippen molar-refractivity contribution in [1.82, 2.24) is 9.55 Å². The summed E-state index contributed by atoms with van der Waals surface area (Å²) in [5, 5.41) is 3.85. The molecule has 0 aliphatic carbocycles. The van der Waals surface area contributed by atoms with Crippen LogP contribution in [0.4, 0.5) is 5.69 Å². The first-order valence-electron chi connectivity index (χ1n) is 8.26. The second-order valence-electron chi connectivity index (χ2n) is 6.05. The fraction of sp³-hybridized carbons (Fsp3) is 0.389. The number of nitrogens with zero attached hydrogens (tertiary/aromatic N) is 2. The first-order chi connectivity index (χ1) is 12.0. The number of carbonyl (C=O) groups is 1. The van der Waals surface area contributed by atoms with Gasteiger partial charge in [-0.05, 0) is 24.1 Å². The van der Waals surface area contributed by atoms with Gasteiger partial charge in [0.05, 0.1) is 16.3 Å². The van der Waals surface area contributed by atoms with Crippen LogP contribution in [0.15, 0.2) is 39.1 Å². The van der Waals surface area contributed by atoms with Crippen molar-refractivity contribution in [3.63, 3.8) is 0 Å². The second kappa shape index (κ2) is 7.66. The Kier molecular flexibility index (Phi) is 5.54. The molecule has 2 heterocycles. The van der Waals surface area contributed by atoms with Crippen LogP contribution >= 0.6 is 23.5 Å². The number of anilines is 1. The molecule has 0 bridgehead atoms. The Balaban J connectivity index is 1.65. The maximum Gasteiger partial charge on any atom is 0.267 e. The Morgan fingerprint density at radius 1 is 1.40 bits per heavy atom. The normalized spacial score (nSPS) is 15.9. The van der Waals surface area contributed by atoms with Crippen molar-refractivity contribution in [3.05, 3.63) is 45.9 Å². The summed E-state index contributed by atoms with van der Waals surface area (Å²) >= 11 is 2.88. The summed E-state index contributed by atoms with van der Waals surface area (Å²) in [5.74, 6) is 0.115. The maximum absolute atomic E-state index is 12.4. The van der Waals surface area contributed by atoms with Gasteiger partial charge in [-0.25, -0.2) is 4.98 Å². The number of thioether (sulfide) groups is 2. The third kappa shape index (κ3) is 4.10. The molecule has 7 heteroatoms. The van der Waals surface area contributed by atoms with Crippen LogP contribution in [0.1, 0.15) is 25.1 Å². The Hall–Kier alpha value is -1.73. The summed E-state index contributed by atoms with van der Waals surface area (Å²) in [6.45, 7) is 4.19. The molecule has 1 amide bonds. The lowest BCUT2D eigenvalue weighted by Crippen LogP contribution is -2.23. The molecular weight excluding hydrogens is 354 g/mol. The van der Waals surface area contributed by atoms with E-state index in [9.17, 15) is 9.59 Å². The number of hydrogen-bond acceptors (Lipinski definition) is 5. The molecule has 1 atom stereocenters. The van der Waals surface area contributed by atoms with Gasteiger partial charge in [-0.3, -0.25) is 14.2 Å². The molecule has 0 saturated heterocycles. The van der Waals surface area contributed by atoms with Crippen LogP contribution in [-0.4, -0.2) is 26.5 Å². The maximum atomic E-state index is 12.4. The van der Waals surface area contributed by atoms with Gasteiger partial charge in [-0.2, -0.15) is 0 Å². The van der Waals surface area contributed by atoms with Crippen LogP contribution in [0.2, 0.25) is 0 Å². The zero-order chi connectivity index (χ0) is 18.0. The molecule has 0 radical (unpaired) electrons. The van der Waals surface area contributed by atoms with Crippen molar-refractivity contribution in [2.75, 3.05) is 11.1 Å². The summed E-state index contributed by atoms with van der Waals surface area (Å²) in [6.07, 6.45) is 1.78. The lowest BCUT2D eigenvalue weighted by Gasteiger charge is -2.09. The molecule has 1 aliphatic heterocycles. The van der Waals surface area contributed by atoms with Gasteiger partial charge in [0.25, 0.3) is 5.56 Å². The number of carbonyl (C=O) groups excluding carboxylic acids is 1. The van der Waals surface area contributed by atoms with E-state index in [2.05, 4.69) is 24.1 Å². The van der Waals surface area contributed by atoms with Crippen LogP contribution in [0.25, 0.3) is 0 Å². The smallest absolute Gasteiger partial charge is 0.267 e. The van der Waals surface area contributed by atoms with E-state index in [1.165, 1.54) is 21.9 Å². The lowest BCUT2D eigenvalue weighted by molar-refractivity contribution is -0.113. The monoisotopic (exact) mass is 375 g/mol. The number of amides is 1. The first kappa shape index (κ1) is 18.1. The van der Waals surface area contributed by atoms with Gasteiger partial charge < -0.3 is 5.32 Å². The quantitative estimate of drug-likeness (QED) is 0.643. The van der Waals surface area contributed by atoms with Gasteiger partial charge in [-0.1, -0.05) is 37.7 Å². The van der Waals surface area contributed by atoms with Gasteiger partial charge in [0.15, 0.2) is 5.16 Å². The molecule has 25 heavy (non-hydrogen) atoms. The van der Waals surface area contributed by atoms with Crippen LogP contribution in [0.5, 0.6) is 0 Å². The van der Waals surface area contributed by atoms with E-state index in [4.69, 9.17) is 0 Å². The fourth-order valence-corrected chi connectivity index (χ4v) is 4.59. The average Bonchev–Trinajstić information content (AvgIpc) is 2.98. The SMILES string of the molecule is CCc1ccc(NC(=O)CSc2nc3c(c(=O)n2C)SC(C)C3)cc1. The van der Waals surface area contributed by atoms with Crippen LogP contribution in [0.3, 0.4) is 0 Å². The van der Waals surface area contributed by atoms with Crippen LogP contribution in [-0.2, 0) is 24.7 Å². The average molecular weight is 376 g/mol. The van der Waals surface area contributed by atoms with Gasteiger partial charge >= 0.3 is 0 Å². The molecule has 1 aromatic heterocycles. The summed E-state index contributed by atoms with van der Waals surface area (Å²) in [5.41, 5.74) is 2.86. The number of nitrogens with one attached hydrogen (secondary N) is 1. The van der Waals surface area contributed by atoms with Crippen molar-refractivity contribution < 1.29 is 4.79 Å². The molecule has 0 fully saturated rings. The van der Waals surface area contributed by atoms with E-state index in [1.54, 1.807) is 18.8 Å². The highest BCUT2D eigenvalue weighted by atomic mass is 32.2. The van der Waals surface area contributed by atoms with Crippen molar-refractivity contribution >= 4 is 35.1 Å². The van der Waals surface area contributed by atoms with Gasteiger partial charge in [0, 0.05) is 24.4 Å². The second-order valence-corrected chi connectivity index (χ2v) is 8.45. The molecule has 2 aromatic rings. The Morgan fingerprint density at radius 3 is 2.80 bits per heavy atom. The first-order valence-corrected chi connectivity index (χ1v) is 10.1. The summed E-state index contributed by atoms with van der Waals surface area (Å²) in [7, 11) is 1.71. The summed E-state index contributed by atoms with van der Waals surface area (Å²) < 4.78 is 1.54. The molecule has 0 saturated carbocycles. The largest absolute Gasteiger partial charge is 0.325 e. The van der Waals surface area contributed by atoms with E-state index in [0.717, 1.165) is 29.1 Å². The Labute approximate surface area is 155 Å². The van der Waals surface area contributed by atoms with Gasteiger partial charge in [0.1, 0.15) is 0 Å². The minimum Gasteiger partial charge on any atom is -0.325 e. The van der Waals surface area contributed by atoms with Gasteiger partial charge in [-0.15, -0.1) is 11.8 Å². The minimum absolute atomic E-state index is 0.0163. The Bertz CT molecular complexity index is 847. The number of hydrogen-bond donors (Lipinski definition) is 1. The molecule has 1 unspecified atom stereocenters. The number of aromatic nitrogens is 2. The number of fused-ring (bicyclic) bond motifs is 1. The zero-order valence-corrected chi connectivity index (χ0v) is 16.2. The molecule has 132 valence electrons. The predicted octanol–water partition coefficient (Wildman–Crippen LogP) is 3.11. The lowest BCUT2D eigenvalue weighted by atomic mass is 10.1. The molecule has 1 N–H and O–H groups in total. The van der Waals surface area contributed by atoms with Gasteiger partial charge in [0.2, 0.25) is 5.91 Å². The molecule has 3 rings (SSSR count). The van der Waals surface area contributed by atoms with Crippen molar-refractivity contribution in [3.8, 4) is 0 Å². The number of benzene rings is 1. The highest BCUT2D eigenvalue weighted by Crippen LogP contribution is 2.33. The van der Waals surface area contributed by atoms with E-state index in [-0.39, 0.29) is 17.2 Å². The number of aryl methyl sites for hydroxylation is 1. The predicted molar refractivity (Wildman–Crippen MR) is 104 cm³/mol. The Morgan fingerprint density at radius 2 is 2.12 bits per heavy atom. The summed E-state index contributed by atoms with van der Waals surface area (Å²) in [6, 6.07) is 7.83. The highest BCUT2D eigenvalue weighted by molar-refractivity contribution is 8.00. The number of rotatable bonds is 5. The van der Waals surface area contributed by atoms with Crippen molar-refractivity contribution in [2.45, 2.75) is 42.0 Å². The van der Waals surface area contributed by atoms with E-state index >= 15 is 0 Å². The molecule has 1 aliphatic rings. The minimum atomic E-state index is -0.105. The highest BCUT2D eigenvalue weighted by Gasteiger charge is 2.25. The van der Waals surface area contributed by atoms with Crippen LogP contribution in [0, 0.1) is 0 Å².